The predicted octanol–water partition coefficient (Wildman–Crippen LogP) is 5.43. The topological polar surface area (TPSA) is 89.9 Å². The van der Waals surface area contributed by atoms with E-state index in [9.17, 15) is 26.4 Å². The lowest BCUT2D eigenvalue weighted by molar-refractivity contribution is -0.142. The van der Waals surface area contributed by atoms with Gasteiger partial charge in [-0.2, -0.15) is 21.6 Å². The average Bonchev–Trinajstić information content (AvgIpc) is 2.68. The van der Waals surface area contributed by atoms with Gasteiger partial charge in [0.15, 0.2) is 5.75 Å². The quantitative estimate of drug-likeness (QED) is 0.300. The summed E-state index contributed by atoms with van der Waals surface area (Å²) in [6.45, 7) is 9.05. The van der Waals surface area contributed by atoms with Gasteiger partial charge in [-0.3, -0.25) is 4.79 Å². The Hall–Kier alpha value is -2.33. The fourth-order valence-corrected chi connectivity index (χ4v) is 3.43. The lowest BCUT2D eigenvalue weighted by atomic mass is 9.98. The summed E-state index contributed by atoms with van der Waals surface area (Å²) in [5.41, 5.74) is -5.58. The van der Waals surface area contributed by atoms with Gasteiger partial charge in [-0.1, -0.05) is 50.1 Å². The highest BCUT2D eigenvalue weighted by Gasteiger charge is 2.49. The Kier molecular flexibility index (Phi) is 10.2. The molecule has 0 aliphatic heterocycles. The number of benzene rings is 2. The molecule has 0 unspecified atom stereocenters. The molecule has 0 heterocycles. The van der Waals surface area contributed by atoms with E-state index in [4.69, 9.17) is 9.84 Å². The van der Waals surface area contributed by atoms with Crippen molar-refractivity contribution in [1.82, 2.24) is 0 Å². The van der Waals surface area contributed by atoms with Crippen LogP contribution in [0.15, 0.2) is 30.3 Å². The number of alkyl halides is 3. The Morgan fingerprint density at radius 2 is 1.73 bits per heavy atom. The summed E-state index contributed by atoms with van der Waals surface area (Å²) in [5, 5.41) is 9.79. The minimum absolute atomic E-state index is 0.0324. The van der Waals surface area contributed by atoms with Crippen LogP contribution >= 0.6 is 0 Å². The smallest absolute Gasteiger partial charge is 0.466 e. The number of aryl methyl sites for hydroxylation is 1. The maximum Gasteiger partial charge on any atom is 0.534 e. The minimum Gasteiger partial charge on any atom is -0.466 e. The van der Waals surface area contributed by atoms with E-state index >= 15 is 0 Å². The highest BCUT2D eigenvalue weighted by Crippen LogP contribution is 2.37. The number of carbonyl (C=O) groups excluding carboxylic acids is 1. The minimum atomic E-state index is -5.88. The third-order valence-corrected chi connectivity index (χ3v) is 5.53. The number of esters is 1. The molecule has 33 heavy (non-hydrogen) atoms. The standard InChI is InChI=1S/C16H15F3O5S.C7H16O/c1-3-23-14(20)9-13-10(2)8-11-6-4-5-7-12(11)15(13)24-25(21,22)16(17,18)19;1-4-5-6-7(2,3)8/h4-8H,3,9H2,1-2H3;8H,4-6H2,1-3H3. The van der Waals surface area contributed by atoms with Gasteiger partial charge in [0.2, 0.25) is 0 Å². The molecule has 10 heteroatoms. The molecule has 2 aromatic carbocycles. The zero-order valence-corrected chi connectivity index (χ0v) is 20.3. The van der Waals surface area contributed by atoms with E-state index < -0.39 is 39.4 Å². The van der Waals surface area contributed by atoms with Crippen LogP contribution in [0.25, 0.3) is 10.8 Å². The number of unbranched alkanes of at least 4 members (excludes halogenated alkanes) is 1. The molecule has 2 aromatic rings. The van der Waals surface area contributed by atoms with Gasteiger partial charge in [0.1, 0.15) is 0 Å². The summed E-state index contributed by atoms with van der Waals surface area (Å²) in [4.78, 5) is 11.8. The van der Waals surface area contributed by atoms with Crippen molar-refractivity contribution in [2.45, 2.75) is 71.4 Å². The Labute approximate surface area is 192 Å². The van der Waals surface area contributed by atoms with Gasteiger partial charge in [0.05, 0.1) is 18.6 Å². The van der Waals surface area contributed by atoms with Crippen LogP contribution in [0.3, 0.4) is 0 Å². The summed E-state index contributed by atoms with van der Waals surface area (Å²) in [5.74, 6) is -1.21. The molecular formula is C23H31F3O6S. The monoisotopic (exact) mass is 492 g/mol. The van der Waals surface area contributed by atoms with Gasteiger partial charge in [0, 0.05) is 10.9 Å². The Morgan fingerprint density at radius 1 is 1.12 bits per heavy atom. The van der Waals surface area contributed by atoms with E-state index in [1.165, 1.54) is 18.6 Å². The molecule has 0 radical (unpaired) electrons. The van der Waals surface area contributed by atoms with E-state index in [1.54, 1.807) is 32.0 Å². The van der Waals surface area contributed by atoms with Gasteiger partial charge in [-0.25, -0.2) is 0 Å². The third-order valence-electron chi connectivity index (χ3n) is 4.57. The van der Waals surface area contributed by atoms with Gasteiger partial charge in [0.25, 0.3) is 0 Å². The highest BCUT2D eigenvalue weighted by atomic mass is 32.2. The molecule has 0 bridgehead atoms. The van der Waals surface area contributed by atoms with Crippen molar-refractivity contribution in [3.63, 3.8) is 0 Å². The van der Waals surface area contributed by atoms with Crippen LogP contribution in [0, 0.1) is 6.92 Å². The fraction of sp³-hybridized carbons (Fsp3) is 0.522. The summed E-state index contributed by atoms with van der Waals surface area (Å²) in [6.07, 6.45) is 2.81. The van der Waals surface area contributed by atoms with Gasteiger partial charge >= 0.3 is 21.6 Å². The molecule has 1 N–H and O–H groups in total. The molecule has 0 saturated heterocycles. The van der Waals surface area contributed by atoms with Crippen molar-refractivity contribution in [2.75, 3.05) is 6.61 Å². The number of fused-ring (bicyclic) bond motifs is 1. The second-order valence-corrected chi connectivity index (χ2v) is 9.64. The maximum absolute atomic E-state index is 12.7. The number of carbonyl (C=O) groups is 1. The lowest BCUT2D eigenvalue weighted by Gasteiger charge is -2.17. The first-order valence-corrected chi connectivity index (χ1v) is 11.9. The van der Waals surface area contributed by atoms with Gasteiger partial charge in [-0.05, 0) is 45.1 Å². The molecule has 0 fully saturated rings. The molecular weight excluding hydrogens is 461 g/mol. The van der Waals surface area contributed by atoms with Crippen molar-refractivity contribution in [2.24, 2.45) is 0 Å². The Bertz CT molecular complexity index is 1040. The van der Waals surface area contributed by atoms with Crippen LogP contribution < -0.4 is 4.18 Å². The van der Waals surface area contributed by atoms with Crippen LogP contribution in [0.1, 0.15) is 58.1 Å². The lowest BCUT2D eigenvalue weighted by Crippen LogP contribution is -2.28. The number of rotatable bonds is 8. The molecule has 186 valence electrons. The first-order chi connectivity index (χ1) is 15.1. The van der Waals surface area contributed by atoms with Crippen molar-refractivity contribution >= 4 is 26.9 Å². The first-order valence-electron chi connectivity index (χ1n) is 10.5. The zero-order chi connectivity index (χ0) is 25.4. The number of hydrogen-bond donors (Lipinski definition) is 1. The van der Waals surface area contributed by atoms with Crippen LogP contribution in [0.5, 0.6) is 5.75 Å². The van der Waals surface area contributed by atoms with E-state index in [1.807, 2.05) is 13.8 Å². The van der Waals surface area contributed by atoms with E-state index in [0.29, 0.717) is 10.9 Å². The molecule has 6 nitrogen and oxygen atoms in total. The largest absolute Gasteiger partial charge is 0.534 e. The van der Waals surface area contributed by atoms with E-state index in [0.717, 1.165) is 12.8 Å². The van der Waals surface area contributed by atoms with Crippen molar-refractivity contribution in [3.05, 3.63) is 41.5 Å². The molecule has 0 saturated carbocycles. The van der Waals surface area contributed by atoms with Crippen molar-refractivity contribution in [3.8, 4) is 5.75 Å². The normalized spacial score (nSPS) is 12.2. The summed E-state index contributed by atoms with van der Waals surface area (Å²) in [7, 11) is -5.88. The molecule has 0 aromatic heterocycles. The van der Waals surface area contributed by atoms with Crippen molar-refractivity contribution in [1.29, 1.82) is 0 Å². The molecule has 0 atom stereocenters. The average molecular weight is 493 g/mol. The number of halogens is 3. The maximum atomic E-state index is 12.7. The molecule has 0 aliphatic carbocycles. The molecule has 0 aliphatic rings. The van der Waals surface area contributed by atoms with Crippen molar-refractivity contribution < 1.29 is 40.4 Å². The predicted molar refractivity (Wildman–Crippen MR) is 120 cm³/mol. The summed E-state index contributed by atoms with van der Waals surface area (Å²) >= 11 is 0. The summed E-state index contributed by atoms with van der Waals surface area (Å²) < 4.78 is 70.4. The summed E-state index contributed by atoms with van der Waals surface area (Å²) in [6, 6.07) is 7.83. The van der Waals surface area contributed by atoms with Crippen LogP contribution in [-0.4, -0.2) is 37.2 Å². The van der Waals surface area contributed by atoms with E-state index in [-0.39, 0.29) is 17.6 Å². The molecule has 2 rings (SSSR count). The van der Waals surface area contributed by atoms with E-state index in [2.05, 4.69) is 11.1 Å². The van der Waals surface area contributed by atoms with Gasteiger partial charge in [-0.15, -0.1) is 0 Å². The third kappa shape index (κ3) is 8.85. The first kappa shape index (κ1) is 28.7. The molecule has 0 spiro atoms. The Balaban J connectivity index is 0.000000582. The van der Waals surface area contributed by atoms with Crippen LogP contribution in [0.2, 0.25) is 0 Å². The molecule has 0 amide bonds. The number of hydrogen-bond acceptors (Lipinski definition) is 6. The number of aliphatic hydroxyl groups is 1. The SMILES string of the molecule is CCCCC(C)(C)O.CCOC(=O)Cc1c(C)cc2ccccc2c1OS(=O)(=O)C(F)(F)F. The fourth-order valence-electron chi connectivity index (χ4n) is 2.93. The second-order valence-electron chi connectivity index (χ2n) is 8.10. The highest BCUT2D eigenvalue weighted by molar-refractivity contribution is 7.88. The second kappa shape index (κ2) is 11.7. The van der Waals surface area contributed by atoms with Crippen LogP contribution in [0.4, 0.5) is 13.2 Å². The Morgan fingerprint density at radius 3 is 2.21 bits per heavy atom. The van der Waals surface area contributed by atoms with Gasteiger partial charge < -0.3 is 14.0 Å². The zero-order valence-electron chi connectivity index (χ0n) is 19.5. The van der Waals surface area contributed by atoms with Crippen LogP contribution in [-0.2, 0) is 26.1 Å². The number of ether oxygens (including phenoxy) is 1.